The van der Waals surface area contributed by atoms with Crippen LogP contribution in [-0.4, -0.2) is 162 Å². The summed E-state index contributed by atoms with van der Waals surface area (Å²) in [6.07, 6.45) is -12.3. The molecule has 5 fully saturated rings. The molecule has 598 valence electrons. The maximum Gasteiger partial charge on any atom is 0.351 e. The summed E-state index contributed by atoms with van der Waals surface area (Å²) in [5.41, 5.74) is 8.08. The Bertz CT molecular complexity index is 5280. The van der Waals surface area contributed by atoms with Crippen LogP contribution in [-0.2, 0) is 145 Å². The smallest absolute Gasteiger partial charge is 0.351 e. The lowest BCUT2D eigenvalue weighted by Crippen LogP contribution is -2.34. The summed E-state index contributed by atoms with van der Waals surface area (Å²) in [4.78, 5) is 162. The molecule has 12 heterocycles. The molecule has 43 nitrogen and oxygen atoms in total. The molecule has 54 heteroatoms. The number of nitrogens with one attached hydrogen (secondary N) is 4. The number of imidazole rings is 2. The molecule has 0 bridgehead atoms. The highest BCUT2D eigenvalue weighted by molar-refractivity contribution is 8.51. The highest BCUT2D eigenvalue weighted by Crippen LogP contribution is 2.56. The number of nitrogens with zero attached hydrogens (tertiary/aromatic N) is 10. The molecule has 20 atom stereocenters. The largest absolute Gasteiger partial charge is 0.780 e. The van der Waals surface area contributed by atoms with Crippen LogP contribution >= 0.6 is 32.6 Å². The second-order valence-corrected chi connectivity index (χ2v) is 42.0. The molecule has 0 radical (unpaired) electrons. The lowest BCUT2D eigenvalue weighted by atomic mass is 9.89. The number of anilines is 3. The normalized spacial score (nSPS) is 28.8. The number of nitrogen functional groups attached to an aromatic ring is 3. The first-order valence-electron chi connectivity index (χ1n) is 33.1. The Morgan fingerprint density at radius 1 is 0.523 bits per heavy atom. The summed E-state index contributed by atoms with van der Waals surface area (Å²) < 4.78 is 111. The second-order valence-electron chi connectivity index (χ2n) is 26.2. The molecule has 0 amide bonds. The summed E-state index contributed by atoms with van der Waals surface area (Å²) in [7, 11) is 0. The number of aromatic nitrogens is 14. The average molecular weight is 1730 g/mol. The van der Waals surface area contributed by atoms with Gasteiger partial charge in [0, 0.05) is 55.4 Å². The number of nitrogens with two attached hydrogens (primary N) is 3. The van der Waals surface area contributed by atoms with E-state index >= 15 is 0 Å². The summed E-state index contributed by atoms with van der Waals surface area (Å²) in [6.45, 7) is -11.6. The zero-order chi connectivity index (χ0) is 78.7. The lowest BCUT2D eigenvalue weighted by molar-refractivity contribution is -0.219. The number of H-pyrrole nitrogens is 4. The molecular formula is C55H71N17O26P5S6-5. The fourth-order valence-corrected chi connectivity index (χ4v) is 20.7. The Hall–Kier alpha value is -4.85. The second kappa shape index (κ2) is 33.5. The monoisotopic (exact) mass is 1730 g/mol. The standard InChI is InChI=1S/C55H76N17O26P5S6/c1-23(2)27-9-38(68-8-7-37(56)61-53(68)77)89-32(27)16-84-100(81,105)95-28-10-39(69-14-25(5)47(73)66-54(69)78)90-33(28)18-86-101(82,106)97-30-12-42(72-22-60-44-46(72)63-52(58)65-50(44)76)93-36(30)20-88-103(108,109)98-31-13-40(70-15-26(6)48(74)67-55(70)79)91-35(31)19-87-102(83,107)96-29-11-41(92-34(29)17-85-99(80,104)94-24(3)4)71-21-59-43-45(71)62-51(57)64-49(43)75/h7-8,14-15,21-24,27-36,38-42H,9-13,16-20H2,1-6H3,(H,80,104)(H,81,105)(H,82,106)(H,83,107)(H,108,109)(H2,56,61,77)(H,66,73,78)(H,67,74,79)(H3,57,62,64,75)(H3,58,63,65,76)/p-5/t27?,28?,29?,30?,31?,32-,33-,34-,35-,36-,38-,39-,40-,41-,42-,99?,100?,101?,102?/m1/s1. The van der Waals surface area contributed by atoms with E-state index in [-0.39, 0.29) is 95.3 Å². The van der Waals surface area contributed by atoms with E-state index in [0.29, 0.717) is 6.42 Å². The van der Waals surface area contributed by atoms with E-state index < -0.39 is 191 Å². The van der Waals surface area contributed by atoms with Crippen LogP contribution in [0, 0.1) is 25.7 Å². The van der Waals surface area contributed by atoms with Crippen molar-refractivity contribution in [3.05, 3.63) is 121 Å². The quantitative estimate of drug-likeness (QED) is 0.0221. The first-order valence-corrected chi connectivity index (χ1v) is 46.9. The van der Waals surface area contributed by atoms with E-state index in [0.717, 1.165) is 9.13 Å². The van der Waals surface area contributed by atoms with Gasteiger partial charge in [0.25, 0.3) is 22.2 Å². The summed E-state index contributed by atoms with van der Waals surface area (Å²) in [5.74, 6) is -0.821. The predicted molar refractivity (Wildman–Crippen MR) is 396 cm³/mol. The minimum Gasteiger partial charge on any atom is -0.780 e. The fraction of sp³-hybridized carbons (Fsp3) is 0.600. The molecule has 5 aliphatic heterocycles. The lowest BCUT2D eigenvalue weighted by Gasteiger charge is -2.36. The van der Waals surface area contributed by atoms with Crippen molar-refractivity contribution in [2.24, 2.45) is 11.8 Å². The van der Waals surface area contributed by atoms with Crippen LogP contribution in [0.25, 0.3) is 22.3 Å². The van der Waals surface area contributed by atoms with E-state index in [9.17, 15) is 52.8 Å². The molecule has 0 aromatic carbocycles. The van der Waals surface area contributed by atoms with Gasteiger partial charge >= 0.3 is 17.1 Å². The molecule has 109 heavy (non-hydrogen) atoms. The van der Waals surface area contributed by atoms with E-state index in [4.69, 9.17) is 158 Å². The van der Waals surface area contributed by atoms with Crippen molar-refractivity contribution >= 4 is 144 Å². The SMILES string of the molecule is Cc1cn([C@H]2CC(OP([O-])(=S)OC[C@H]3O[C@@H](n4ccc(N)nc4=O)CC3C(C)C)[C@@H](COP([O-])(=S)OC3C[C@H](n4cnc5c(=O)[nH]c(N)nc54)O[C@@H]3COP(=S)([S-])OC3C[C@H](n4cc(C)c(=O)[nH]c4=O)O[C@@H]3COP(=O)([S-])OC3C[C@H](n4cnc5c(=O)[nH]c(N)nc54)O[C@@H]3COP([O-])(=S)OC(C)C)O2)c(=O)[nH]c1=O. The van der Waals surface area contributed by atoms with E-state index in [1.807, 2.05) is 13.8 Å². The number of hydrogen-bond donors (Lipinski definition) is 7. The number of hydrogen-bond acceptors (Lipinski definition) is 40. The van der Waals surface area contributed by atoms with E-state index in [2.05, 4.69) is 44.9 Å². The first-order chi connectivity index (χ1) is 51.2. The van der Waals surface area contributed by atoms with Crippen LogP contribution in [0.1, 0.15) is 102 Å². The molecule has 0 saturated carbocycles. The van der Waals surface area contributed by atoms with Crippen molar-refractivity contribution in [3.8, 4) is 0 Å². The van der Waals surface area contributed by atoms with Crippen LogP contribution in [0.3, 0.4) is 0 Å². The Balaban J connectivity index is 0.758. The van der Waals surface area contributed by atoms with Crippen molar-refractivity contribution in [3.63, 3.8) is 0 Å². The van der Waals surface area contributed by atoms with Gasteiger partial charge in [-0.1, -0.05) is 61.1 Å². The van der Waals surface area contributed by atoms with Gasteiger partial charge in [-0.25, -0.2) is 24.4 Å². The number of rotatable bonds is 31. The fourth-order valence-electron chi connectivity index (χ4n) is 12.8. The summed E-state index contributed by atoms with van der Waals surface area (Å²) >= 11 is 33.2. The molecular weight excluding hydrogens is 1660 g/mol. The third kappa shape index (κ3) is 20.1. The molecule has 7 aromatic heterocycles. The van der Waals surface area contributed by atoms with Gasteiger partial charge in [0.05, 0.1) is 88.0 Å². The van der Waals surface area contributed by atoms with Crippen molar-refractivity contribution in [1.82, 2.24) is 67.7 Å². The summed E-state index contributed by atoms with van der Waals surface area (Å²) in [6, 6.07) is 1.44. The van der Waals surface area contributed by atoms with E-state index in [1.165, 1.54) is 64.9 Å². The Kier molecular flexibility index (Phi) is 25.7. The van der Waals surface area contributed by atoms with Crippen LogP contribution in [0.4, 0.5) is 17.7 Å². The molecule has 12 rings (SSSR count). The van der Waals surface area contributed by atoms with Crippen LogP contribution in [0.15, 0.2) is 70.9 Å². The topological polar surface area (TPSA) is 575 Å². The van der Waals surface area contributed by atoms with Gasteiger partial charge < -0.3 is 125 Å². The maximum absolute atomic E-state index is 14.7. The van der Waals surface area contributed by atoms with Crippen molar-refractivity contribution in [2.45, 2.75) is 166 Å². The van der Waals surface area contributed by atoms with Gasteiger partial charge in [0.15, 0.2) is 29.1 Å². The molecule has 10 N–H and O–H groups in total. The predicted octanol–water partition coefficient (Wildman–Crippen LogP) is -0.0872. The third-order valence-corrected chi connectivity index (χ3v) is 26.4. The minimum absolute atomic E-state index is 0.00401. The van der Waals surface area contributed by atoms with Gasteiger partial charge in [-0.3, -0.25) is 66.5 Å². The highest BCUT2D eigenvalue weighted by Gasteiger charge is 2.47. The minimum atomic E-state index is -4.84. The van der Waals surface area contributed by atoms with E-state index in [1.54, 1.807) is 13.8 Å². The van der Waals surface area contributed by atoms with Gasteiger partial charge in [-0.05, 0) is 52.0 Å². The van der Waals surface area contributed by atoms with Crippen molar-refractivity contribution < 1.29 is 88.2 Å². The Labute approximate surface area is 645 Å². The average Bonchev–Trinajstić information content (AvgIpc) is 1.63. The molecule has 0 spiro atoms. The number of aryl methyl sites for hydroxylation is 2. The first kappa shape index (κ1) is 83.6. The van der Waals surface area contributed by atoms with Gasteiger partial charge in [-0.15, -0.1) is 0 Å². The molecule has 10 unspecified atom stereocenters. The van der Waals surface area contributed by atoms with Gasteiger partial charge in [-0.2, -0.15) is 15.0 Å². The zero-order valence-electron chi connectivity index (χ0n) is 57.9. The van der Waals surface area contributed by atoms with Crippen molar-refractivity contribution in [2.75, 3.05) is 50.2 Å². The zero-order valence-corrected chi connectivity index (χ0v) is 67.2. The molecule has 5 aliphatic rings. The number of ether oxygens (including phenoxy) is 5. The van der Waals surface area contributed by atoms with Crippen LogP contribution in [0.2, 0.25) is 0 Å². The van der Waals surface area contributed by atoms with Gasteiger partial charge in [0.1, 0.15) is 81.5 Å². The molecule has 5 saturated heterocycles. The van der Waals surface area contributed by atoms with Gasteiger partial charge in [0.2, 0.25) is 11.9 Å². The Morgan fingerprint density at radius 2 is 0.917 bits per heavy atom. The number of fused-ring (bicyclic) bond motifs is 2. The van der Waals surface area contributed by atoms with Crippen molar-refractivity contribution in [1.29, 1.82) is 0 Å². The Morgan fingerprint density at radius 3 is 1.37 bits per heavy atom. The van der Waals surface area contributed by atoms with Crippen LogP contribution in [0.5, 0.6) is 0 Å². The third-order valence-electron chi connectivity index (χ3n) is 17.8. The maximum atomic E-state index is 14.7. The molecule has 0 aliphatic carbocycles. The van der Waals surface area contributed by atoms with Crippen LogP contribution < -0.4 is 71.2 Å². The molecule has 7 aromatic rings. The highest BCUT2D eigenvalue weighted by atomic mass is 32.9. The number of aromatic amines is 4. The summed E-state index contributed by atoms with van der Waals surface area (Å²) in [5, 5.41) is 0.